The van der Waals surface area contributed by atoms with Gasteiger partial charge in [0.2, 0.25) is 0 Å². The highest BCUT2D eigenvalue weighted by Gasteiger charge is 2.07. The molecule has 1 aromatic heterocycles. The lowest BCUT2D eigenvalue weighted by Crippen LogP contribution is -2.00. The van der Waals surface area contributed by atoms with Crippen LogP contribution in [0.15, 0.2) is 30.5 Å². The first-order valence-electron chi connectivity index (χ1n) is 6.31. The van der Waals surface area contributed by atoms with Crippen LogP contribution < -0.4 is 4.74 Å². The van der Waals surface area contributed by atoms with E-state index in [2.05, 4.69) is 10.6 Å². The van der Waals surface area contributed by atoms with Gasteiger partial charge in [-0.25, -0.2) is 0 Å². The largest absolute Gasteiger partial charge is 0.477 e. The molecule has 0 spiro atoms. The van der Waals surface area contributed by atoms with Crippen molar-refractivity contribution in [3.63, 3.8) is 0 Å². The molecule has 0 aliphatic heterocycles. The molecular weight excluding hydrogens is 238 g/mol. The summed E-state index contributed by atoms with van der Waals surface area (Å²) in [5, 5.41) is 18.2. The first-order valence-corrected chi connectivity index (χ1v) is 6.31. The summed E-state index contributed by atoms with van der Waals surface area (Å²) in [6.07, 6.45) is 4.48. The number of nitriles is 2. The van der Waals surface area contributed by atoms with Crippen molar-refractivity contribution in [1.29, 1.82) is 10.5 Å². The quantitative estimate of drug-likeness (QED) is 0.742. The number of rotatable bonds is 6. The zero-order valence-corrected chi connectivity index (χ0v) is 10.7. The van der Waals surface area contributed by atoms with Crippen molar-refractivity contribution >= 4 is 10.9 Å². The SMILES string of the molecule is N#CCCCCn1ccc2cccc(OCC#N)c21. The number of aromatic nitrogens is 1. The number of fused-ring (bicyclic) bond motifs is 1. The molecule has 0 aliphatic carbocycles. The van der Waals surface area contributed by atoms with E-state index in [0.717, 1.165) is 36.0 Å². The molecule has 4 nitrogen and oxygen atoms in total. The van der Waals surface area contributed by atoms with E-state index in [0.29, 0.717) is 6.42 Å². The third-order valence-corrected chi connectivity index (χ3v) is 2.98. The minimum Gasteiger partial charge on any atom is -0.477 e. The summed E-state index contributed by atoms with van der Waals surface area (Å²) in [4.78, 5) is 0. The predicted molar refractivity (Wildman–Crippen MR) is 72.5 cm³/mol. The lowest BCUT2D eigenvalue weighted by Gasteiger charge is -2.09. The third kappa shape index (κ3) is 3.05. The van der Waals surface area contributed by atoms with E-state index in [4.69, 9.17) is 15.3 Å². The van der Waals surface area contributed by atoms with E-state index in [1.165, 1.54) is 0 Å². The maximum absolute atomic E-state index is 8.61. The van der Waals surface area contributed by atoms with Crippen molar-refractivity contribution in [2.45, 2.75) is 25.8 Å². The third-order valence-electron chi connectivity index (χ3n) is 2.98. The van der Waals surface area contributed by atoms with Crippen LogP contribution in [0.3, 0.4) is 0 Å². The molecule has 96 valence electrons. The average Bonchev–Trinajstić information content (AvgIpc) is 2.85. The summed E-state index contributed by atoms with van der Waals surface area (Å²) in [7, 11) is 0. The summed E-state index contributed by atoms with van der Waals surface area (Å²) >= 11 is 0. The smallest absolute Gasteiger partial charge is 0.174 e. The number of hydrogen-bond donors (Lipinski definition) is 0. The summed E-state index contributed by atoms with van der Waals surface area (Å²) in [5.41, 5.74) is 1.02. The van der Waals surface area contributed by atoms with E-state index in [-0.39, 0.29) is 6.61 Å². The van der Waals surface area contributed by atoms with Gasteiger partial charge in [0, 0.05) is 24.5 Å². The Morgan fingerprint density at radius 2 is 2.00 bits per heavy atom. The van der Waals surface area contributed by atoms with Crippen molar-refractivity contribution in [3.8, 4) is 17.9 Å². The molecule has 1 heterocycles. The van der Waals surface area contributed by atoms with Crippen LogP contribution in [0.5, 0.6) is 5.75 Å². The number of benzene rings is 1. The Kier molecular flexibility index (Phi) is 4.42. The minimum absolute atomic E-state index is 0.0543. The fourth-order valence-corrected chi connectivity index (χ4v) is 2.13. The van der Waals surface area contributed by atoms with Crippen molar-refractivity contribution in [2.24, 2.45) is 0 Å². The second kappa shape index (κ2) is 6.47. The second-order valence-electron chi connectivity index (χ2n) is 4.27. The zero-order valence-electron chi connectivity index (χ0n) is 10.7. The monoisotopic (exact) mass is 253 g/mol. The highest BCUT2D eigenvalue weighted by Crippen LogP contribution is 2.27. The number of hydrogen-bond acceptors (Lipinski definition) is 3. The van der Waals surface area contributed by atoms with Gasteiger partial charge < -0.3 is 9.30 Å². The first kappa shape index (κ1) is 13.0. The van der Waals surface area contributed by atoms with Crippen molar-refractivity contribution < 1.29 is 4.74 Å². The molecule has 2 aromatic rings. The van der Waals surface area contributed by atoms with Crippen LogP contribution in [0.2, 0.25) is 0 Å². The maximum Gasteiger partial charge on any atom is 0.174 e. The predicted octanol–water partition coefficient (Wildman–Crippen LogP) is 3.24. The Bertz CT molecular complexity index is 631. The summed E-state index contributed by atoms with van der Waals surface area (Å²) in [6, 6.07) is 12.0. The zero-order chi connectivity index (χ0) is 13.5. The van der Waals surface area contributed by atoms with Crippen LogP contribution in [-0.4, -0.2) is 11.2 Å². The van der Waals surface area contributed by atoms with Gasteiger partial charge in [-0.05, 0) is 25.0 Å². The van der Waals surface area contributed by atoms with Gasteiger partial charge in [0.05, 0.1) is 11.6 Å². The molecule has 0 amide bonds. The van der Waals surface area contributed by atoms with Crippen molar-refractivity contribution in [3.05, 3.63) is 30.5 Å². The van der Waals surface area contributed by atoms with Crippen molar-refractivity contribution in [1.82, 2.24) is 4.57 Å². The van der Waals surface area contributed by atoms with Gasteiger partial charge in [-0.15, -0.1) is 0 Å². The number of nitrogens with zero attached hydrogens (tertiary/aromatic N) is 3. The second-order valence-corrected chi connectivity index (χ2v) is 4.27. The van der Waals surface area contributed by atoms with E-state index in [9.17, 15) is 0 Å². The van der Waals surface area contributed by atoms with Crippen LogP contribution in [0.4, 0.5) is 0 Å². The number of unbranched alkanes of at least 4 members (excludes halogenated alkanes) is 2. The Hall–Kier alpha value is -2.46. The van der Waals surface area contributed by atoms with E-state index < -0.39 is 0 Å². The summed E-state index contributed by atoms with van der Waals surface area (Å²) in [6.45, 7) is 0.914. The topological polar surface area (TPSA) is 61.7 Å². The number of ether oxygens (including phenoxy) is 1. The van der Waals surface area contributed by atoms with E-state index >= 15 is 0 Å². The average molecular weight is 253 g/mol. The van der Waals surface area contributed by atoms with Crippen LogP contribution >= 0.6 is 0 Å². The van der Waals surface area contributed by atoms with Gasteiger partial charge >= 0.3 is 0 Å². The lowest BCUT2D eigenvalue weighted by molar-refractivity contribution is 0.370. The molecule has 1 aromatic carbocycles. The first-order chi connectivity index (χ1) is 9.36. The van der Waals surface area contributed by atoms with Gasteiger partial charge in [0.25, 0.3) is 0 Å². The fraction of sp³-hybridized carbons (Fsp3) is 0.333. The molecule has 0 saturated heterocycles. The Labute approximate surface area is 112 Å². The van der Waals surface area contributed by atoms with Gasteiger partial charge in [0.15, 0.2) is 6.61 Å². The highest BCUT2D eigenvalue weighted by atomic mass is 16.5. The summed E-state index contributed by atoms with van der Waals surface area (Å²) in [5.74, 6) is 0.740. The molecule has 0 atom stereocenters. The molecule has 0 unspecified atom stereocenters. The fourth-order valence-electron chi connectivity index (χ4n) is 2.13. The van der Waals surface area contributed by atoms with Gasteiger partial charge in [-0.2, -0.15) is 10.5 Å². The Balaban J connectivity index is 2.19. The molecule has 0 radical (unpaired) electrons. The normalized spacial score (nSPS) is 10.0. The van der Waals surface area contributed by atoms with E-state index in [1.807, 2.05) is 36.5 Å². The molecule has 0 N–H and O–H groups in total. The standard InChI is InChI=1S/C15H15N3O/c16-8-2-1-3-10-18-11-7-13-5-4-6-14(15(13)18)19-12-9-17/h4-7,11H,1-3,10,12H2. The summed E-state index contributed by atoms with van der Waals surface area (Å²) < 4.78 is 7.59. The molecule has 2 rings (SSSR count). The maximum atomic E-state index is 8.61. The van der Waals surface area contributed by atoms with E-state index in [1.54, 1.807) is 0 Å². The van der Waals surface area contributed by atoms with Crippen LogP contribution in [-0.2, 0) is 6.54 Å². The Morgan fingerprint density at radius 1 is 1.11 bits per heavy atom. The molecular formula is C15H15N3O. The van der Waals surface area contributed by atoms with Gasteiger partial charge in [0.1, 0.15) is 11.8 Å². The number of aryl methyl sites for hydroxylation is 1. The van der Waals surface area contributed by atoms with Crippen LogP contribution in [0.1, 0.15) is 19.3 Å². The number of para-hydroxylation sites is 1. The minimum atomic E-state index is 0.0543. The van der Waals surface area contributed by atoms with Gasteiger partial charge in [-0.3, -0.25) is 0 Å². The van der Waals surface area contributed by atoms with Crippen molar-refractivity contribution in [2.75, 3.05) is 6.61 Å². The van der Waals surface area contributed by atoms with Gasteiger partial charge in [-0.1, -0.05) is 12.1 Å². The molecule has 0 bridgehead atoms. The Morgan fingerprint density at radius 3 is 2.79 bits per heavy atom. The molecule has 19 heavy (non-hydrogen) atoms. The molecule has 0 saturated carbocycles. The van der Waals surface area contributed by atoms with Crippen LogP contribution in [0, 0.1) is 22.7 Å². The molecule has 0 aliphatic rings. The molecule has 0 fully saturated rings. The molecule has 4 heteroatoms. The van der Waals surface area contributed by atoms with Crippen LogP contribution in [0.25, 0.3) is 10.9 Å². The lowest BCUT2D eigenvalue weighted by atomic mass is 10.2. The highest BCUT2D eigenvalue weighted by molar-refractivity contribution is 5.86.